The number of hydrogen-bond acceptors (Lipinski definition) is 5. The van der Waals surface area contributed by atoms with Crippen molar-refractivity contribution < 1.29 is 0 Å². The van der Waals surface area contributed by atoms with E-state index in [1.807, 2.05) is 35.6 Å². The Balaban J connectivity index is 1.48. The van der Waals surface area contributed by atoms with Crippen LogP contribution in [-0.2, 0) is 12.8 Å². The summed E-state index contributed by atoms with van der Waals surface area (Å²) in [7, 11) is 0. The molecule has 0 fully saturated rings. The minimum atomic E-state index is 0.474. The van der Waals surface area contributed by atoms with Crippen LogP contribution in [0, 0.1) is 6.92 Å². The molecule has 0 amide bonds. The molecule has 0 atom stereocenters. The van der Waals surface area contributed by atoms with Crippen LogP contribution in [0.4, 0.5) is 11.6 Å². The largest absolute Gasteiger partial charge is 0.332 e. The van der Waals surface area contributed by atoms with E-state index in [0.29, 0.717) is 11.1 Å². The van der Waals surface area contributed by atoms with Gasteiger partial charge in [0.05, 0.1) is 5.39 Å². The molecule has 0 aliphatic heterocycles. The van der Waals surface area contributed by atoms with Crippen molar-refractivity contribution >= 4 is 56.2 Å². The lowest BCUT2D eigenvalue weighted by Gasteiger charge is -2.10. The van der Waals surface area contributed by atoms with Crippen LogP contribution in [0.15, 0.2) is 30.6 Å². The topological polar surface area (TPSA) is 67.1 Å². The lowest BCUT2D eigenvalue weighted by atomic mass is 9.97. The van der Waals surface area contributed by atoms with Crippen LogP contribution in [-0.4, -0.2) is 24.7 Å². The number of fused-ring (bicyclic) bond motifs is 5. The molecule has 1 aliphatic carbocycles. The second-order valence-electron chi connectivity index (χ2n) is 6.80. The number of aryl methyl sites for hydroxylation is 3. The fraction of sp³-hybridized carbons (Fsp3) is 0.263. The number of nitrogens with zero attached hydrogens (tertiary/aromatic N) is 4. The molecule has 0 spiro atoms. The predicted octanol–water partition coefficient (Wildman–Crippen LogP) is 4.34. The van der Waals surface area contributed by atoms with E-state index in [2.05, 4.69) is 25.8 Å². The molecule has 3 aromatic heterocycles. The molecule has 136 valence electrons. The summed E-state index contributed by atoms with van der Waals surface area (Å²) in [6, 6.07) is 8.06. The van der Waals surface area contributed by atoms with Gasteiger partial charge in [-0.3, -0.25) is 4.40 Å². The molecule has 1 aliphatic rings. The molecule has 4 aromatic rings. The Morgan fingerprint density at radius 3 is 2.96 bits per heavy atom. The highest BCUT2D eigenvalue weighted by molar-refractivity contribution is 7.80. The third kappa shape index (κ3) is 2.94. The lowest BCUT2D eigenvalue weighted by molar-refractivity contribution is 0.700. The Morgan fingerprint density at radius 2 is 2.07 bits per heavy atom. The molecule has 0 saturated carbocycles. The molecular formula is C19H18N6S2. The Kier molecular flexibility index (Phi) is 4.02. The number of hydrogen-bond donors (Lipinski definition) is 2. The van der Waals surface area contributed by atoms with Gasteiger partial charge in [-0.1, -0.05) is 12.1 Å². The third-order valence-electron chi connectivity index (χ3n) is 4.86. The van der Waals surface area contributed by atoms with Crippen molar-refractivity contribution in [1.82, 2.24) is 19.6 Å². The fourth-order valence-corrected chi connectivity index (χ4v) is 5.06. The van der Waals surface area contributed by atoms with Crippen molar-refractivity contribution in [3.8, 4) is 0 Å². The minimum absolute atomic E-state index is 0.474. The van der Waals surface area contributed by atoms with Crippen molar-refractivity contribution in [3.05, 3.63) is 46.6 Å². The van der Waals surface area contributed by atoms with Crippen LogP contribution in [0.25, 0.3) is 15.9 Å². The zero-order valence-electron chi connectivity index (χ0n) is 14.8. The van der Waals surface area contributed by atoms with Crippen molar-refractivity contribution in [2.45, 2.75) is 32.6 Å². The highest BCUT2D eigenvalue weighted by Crippen LogP contribution is 2.37. The van der Waals surface area contributed by atoms with E-state index in [4.69, 9.17) is 12.2 Å². The van der Waals surface area contributed by atoms with Crippen LogP contribution in [0.1, 0.15) is 28.8 Å². The van der Waals surface area contributed by atoms with E-state index in [1.165, 1.54) is 28.8 Å². The summed E-state index contributed by atoms with van der Waals surface area (Å²) in [6.45, 7) is 2.05. The van der Waals surface area contributed by atoms with Gasteiger partial charge in [0.25, 0.3) is 0 Å². The molecule has 0 saturated heterocycles. The predicted molar refractivity (Wildman–Crippen MR) is 114 cm³/mol. The van der Waals surface area contributed by atoms with Gasteiger partial charge in [-0.15, -0.1) is 21.5 Å². The Morgan fingerprint density at radius 1 is 1.19 bits per heavy atom. The van der Waals surface area contributed by atoms with Crippen molar-refractivity contribution in [1.29, 1.82) is 0 Å². The van der Waals surface area contributed by atoms with Gasteiger partial charge in [0.1, 0.15) is 11.2 Å². The van der Waals surface area contributed by atoms with Gasteiger partial charge in [-0.25, -0.2) is 4.98 Å². The lowest BCUT2D eigenvalue weighted by Crippen LogP contribution is -2.20. The van der Waals surface area contributed by atoms with Crippen LogP contribution in [0.2, 0.25) is 0 Å². The average Bonchev–Trinajstić information content (AvgIpc) is 3.22. The number of thiophene rings is 1. The van der Waals surface area contributed by atoms with Crippen molar-refractivity contribution in [2.24, 2.45) is 0 Å². The monoisotopic (exact) mass is 394 g/mol. The number of anilines is 2. The summed E-state index contributed by atoms with van der Waals surface area (Å²) in [5, 5.41) is 16.7. The van der Waals surface area contributed by atoms with E-state index in [1.54, 1.807) is 17.7 Å². The average molecular weight is 395 g/mol. The van der Waals surface area contributed by atoms with Gasteiger partial charge >= 0.3 is 0 Å². The van der Waals surface area contributed by atoms with Gasteiger partial charge in [0, 0.05) is 10.6 Å². The van der Waals surface area contributed by atoms with E-state index in [-0.39, 0.29) is 0 Å². The first-order chi connectivity index (χ1) is 13.2. The van der Waals surface area contributed by atoms with Crippen LogP contribution < -0.4 is 10.6 Å². The molecule has 3 heterocycles. The fourth-order valence-electron chi connectivity index (χ4n) is 3.63. The Bertz CT molecular complexity index is 1180. The molecule has 0 bridgehead atoms. The van der Waals surface area contributed by atoms with Gasteiger partial charge in [0.2, 0.25) is 5.95 Å². The quantitative estimate of drug-likeness (QED) is 0.493. The summed E-state index contributed by atoms with van der Waals surface area (Å²) in [5.74, 6) is 0.570. The molecule has 6 nitrogen and oxygen atoms in total. The van der Waals surface area contributed by atoms with E-state index >= 15 is 0 Å². The molecule has 0 radical (unpaired) electrons. The summed E-state index contributed by atoms with van der Waals surface area (Å²) in [6.07, 6.45) is 6.50. The Hall–Kier alpha value is -2.58. The molecule has 1 aromatic carbocycles. The van der Waals surface area contributed by atoms with Gasteiger partial charge < -0.3 is 10.6 Å². The van der Waals surface area contributed by atoms with Gasteiger partial charge in [-0.05, 0) is 68.1 Å². The van der Waals surface area contributed by atoms with E-state index in [9.17, 15) is 0 Å². The molecule has 5 rings (SSSR count). The van der Waals surface area contributed by atoms with Crippen LogP contribution in [0.3, 0.4) is 0 Å². The summed E-state index contributed by atoms with van der Waals surface area (Å²) < 4.78 is 1.88. The van der Waals surface area contributed by atoms with Crippen LogP contribution >= 0.6 is 23.6 Å². The highest BCUT2D eigenvalue weighted by Gasteiger charge is 2.21. The first-order valence-electron chi connectivity index (χ1n) is 8.98. The number of thiocarbonyl (C=S) groups is 1. The minimum Gasteiger partial charge on any atom is -0.332 e. The SMILES string of the molecule is Cc1cccc(NC(=S)Nc2nnc3c4c5c(sc4ncn23)CCCC5)c1. The molecule has 0 unspecified atom stereocenters. The van der Waals surface area contributed by atoms with E-state index in [0.717, 1.165) is 34.4 Å². The second kappa shape index (κ2) is 6.54. The van der Waals surface area contributed by atoms with Gasteiger partial charge in [0.15, 0.2) is 10.8 Å². The number of benzene rings is 1. The third-order valence-corrected chi connectivity index (χ3v) is 6.27. The summed E-state index contributed by atoms with van der Waals surface area (Å²) >= 11 is 7.24. The molecule has 2 N–H and O–H groups in total. The number of nitrogens with one attached hydrogen (secondary N) is 2. The Labute approximate surface area is 165 Å². The van der Waals surface area contributed by atoms with E-state index < -0.39 is 0 Å². The second-order valence-corrected chi connectivity index (χ2v) is 8.29. The van der Waals surface area contributed by atoms with Crippen LogP contribution in [0.5, 0.6) is 0 Å². The maximum atomic E-state index is 5.45. The number of rotatable bonds is 2. The number of aromatic nitrogens is 4. The summed E-state index contributed by atoms with van der Waals surface area (Å²) in [5.41, 5.74) is 4.36. The molecule has 8 heteroatoms. The smallest absolute Gasteiger partial charge is 0.236 e. The standard InChI is InChI=1S/C19H18N6S2/c1-11-5-4-6-12(9-11)21-19(26)22-18-24-23-16-15-13-7-2-3-8-14(13)27-17(15)20-10-25(16)18/h4-6,9-10H,2-3,7-8H2,1H3,(H2,21,22,24,26). The van der Waals surface area contributed by atoms with Gasteiger partial charge in [-0.2, -0.15) is 0 Å². The maximum absolute atomic E-state index is 5.45. The molecule has 27 heavy (non-hydrogen) atoms. The van der Waals surface area contributed by atoms with Crippen molar-refractivity contribution in [3.63, 3.8) is 0 Å². The first kappa shape index (κ1) is 16.6. The van der Waals surface area contributed by atoms with Crippen molar-refractivity contribution in [2.75, 3.05) is 10.6 Å². The maximum Gasteiger partial charge on any atom is 0.236 e. The summed E-state index contributed by atoms with van der Waals surface area (Å²) in [4.78, 5) is 7.15. The zero-order valence-corrected chi connectivity index (χ0v) is 16.5. The zero-order chi connectivity index (χ0) is 18.4. The molecular weight excluding hydrogens is 376 g/mol. The first-order valence-corrected chi connectivity index (χ1v) is 10.2. The highest BCUT2D eigenvalue weighted by atomic mass is 32.1. The normalized spacial score (nSPS) is 13.7.